The number of rotatable bonds is 4. The molecule has 2 aromatic heterocycles. The minimum Gasteiger partial charge on any atom is -0.350 e. The second kappa shape index (κ2) is 8.23. The molecule has 0 unspecified atom stereocenters. The van der Waals surface area contributed by atoms with Crippen molar-refractivity contribution in [2.24, 2.45) is 0 Å². The van der Waals surface area contributed by atoms with Crippen molar-refractivity contribution < 1.29 is 4.79 Å². The third-order valence-corrected chi connectivity index (χ3v) is 8.34. The van der Waals surface area contributed by atoms with Crippen LogP contribution in [-0.4, -0.2) is 22.0 Å². The topological polar surface area (TPSA) is 64.0 Å². The van der Waals surface area contributed by atoms with Gasteiger partial charge in [-0.05, 0) is 43.7 Å². The molecule has 5 nitrogen and oxygen atoms in total. The lowest BCUT2D eigenvalue weighted by Crippen LogP contribution is -2.39. The molecule has 1 N–H and O–H groups in total. The van der Waals surface area contributed by atoms with Gasteiger partial charge >= 0.3 is 0 Å². The van der Waals surface area contributed by atoms with Crippen LogP contribution in [0.2, 0.25) is 0 Å². The number of carbonyl (C=O) groups excluding carboxylic acids is 1. The van der Waals surface area contributed by atoms with E-state index in [0.717, 1.165) is 56.5 Å². The molecule has 2 aliphatic rings. The van der Waals surface area contributed by atoms with Gasteiger partial charge in [-0.3, -0.25) is 14.2 Å². The molecule has 1 amide bonds. The Morgan fingerprint density at radius 2 is 1.90 bits per heavy atom. The zero-order valence-corrected chi connectivity index (χ0v) is 18.9. The predicted molar refractivity (Wildman–Crippen MR) is 125 cm³/mol. The third kappa shape index (κ3) is 3.61. The van der Waals surface area contributed by atoms with Crippen molar-refractivity contribution in [1.29, 1.82) is 0 Å². The molecule has 1 saturated carbocycles. The minimum atomic E-state index is -0.0812. The predicted octanol–water partition coefficient (Wildman–Crippen LogP) is 4.73. The molecule has 0 atom stereocenters. The monoisotopic (exact) mass is 435 g/mol. The molecule has 1 aromatic carbocycles. The highest BCUT2D eigenvalue weighted by atomic mass is 32.1. The summed E-state index contributed by atoms with van der Waals surface area (Å²) >= 11 is 1.37. The summed E-state index contributed by atoms with van der Waals surface area (Å²) < 4.78 is 1.83. The highest BCUT2D eigenvalue weighted by Gasteiger charge is 2.36. The van der Waals surface area contributed by atoms with Gasteiger partial charge < -0.3 is 5.32 Å². The number of hydrogen-bond donors (Lipinski definition) is 1. The number of thiophene rings is 1. The Morgan fingerprint density at radius 3 is 2.68 bits per heavy atom. The Balaban J connectivity index is 1.44. The highest BCUT2D eigenvalue weighted by molar-refractivity contribution is 7.20. The van der Waals surface area contributed by atoms with Crippen LogP contribution in [0.1, 0.15) is 71.6 Å². The number of benzene rings is 1. The SMILES string of the molecule is Cc1c(C(=O)NCC2(c3ccccc3)CCCC2)sc2nc3n(c(=O)c12)CCCCC3. The van der Waals surface area contributed by atoms with Gasteiger partial charge in [0.1, 0.15) is 10.7 Å². The van der Waals surface area contributed by atoms with E-state index in [1.54, 1.807) is 0 Å². The van der Waals surface area contributed by atoms with E-state index < -0.39 is 0 Å². The van der Waals surface area contributed by atoms with Crippen molar-refractivity contribution in [2.75, 3.05) is 6.54 Å². The maximum Gasteiger partial charge on any atom is 0.262 e. The first-order valence-electron chi connectivity index (χ1n) is 11.5. The van der Waals surface area contributed by atoms with Gasteiger partial charge in [-0.2, -0.15) is 0 Å². The average molecular weight is 436 g/mol. The van der Waals surface area contributed by atoms with Crippen molar-refractivity contribution >= 4 is 27.5 Å². The van der Waals surface area contributed by atoms with E-state index in [4.69, 9.17) is 4.98 Å². The molecule has 5 rings (SSSR count). The van der Waals surface area contributed by atoms with Crippen LogP contribution >= 0.6 is 11.3 Å². The number of carbonyl (C=O) groups is 1. The Labute approximate surface area is 186 Å². The first kappa shape index (κ1) is 20.4. The fourth-order valence-electron chi connectivity index (χ4n) is 5.37. The molecule has 3 heterocycles. The molecular weight excluding hydrogens is 406 g/mol. The molecule has 0 radical (unpaired) electrons. The van der Waals surface area contributed by atoms with Crippen LogP contribution in [0.25, 0.3) is 10.2 Å². The summed E-state index contributed by atoms with van der Waals surface area (Å²) in [7, 11) is 0. The van der Waals surface area contributed by atoms with Crippen LogP contribution in [0.3, 0.4) is 0 Å². The maximum absolute atomic E-state index is 13.2. The van der Waals surface area contributed by atoms with Crippen molar-refractivity contribution in [1.82, 2.24) is 14.9 Å². The Bertz CT molecular complexity index is 1170. The normalized spacial score (nSPS) is 18.0. The van der Waals surface area contributed by atoms with E-state index in [-0.39, 0.29) is 16.9 Å². The third-order valence-electron chi connectivity index (χ3n) is 7.15. The van der Waals surface area contributed by atoms with Gasteiger partial charge in [-0.25, -0.2) is 4.98 Å². The lowest BCUT2D eigenvalue weighted by molar-refractivity contribution is 0.0946. The van der Waals surface area contributed by atoms with Gasteiger partial charge in [0, 0.05) is 24.9 Å². The number of nitrogens with zero attached hydrogens (tertiary/aromatic N) is 2. The number of fused-ring (bicyclic) bond motifs is 2. The molecule has 1 aliphatic heterocycles. The maximum atomic E-state index is 13.2. The molecule has 162 valence electrons. The van der Waals surface area contributed by atoms with Crippen LogP contribution in [0, 0.1) is 6.92 Å². The van der Waals surface area contributed by atoms with E-state index in [1.165, 1.54) is 29.7 Å². The van der Waals surface area contributed by atoms with Crippen LogP contribution in [0.15, 0.2) is 35.1 Å². The zero-order valence-electron chi connectivity index (χ0n) is 18.1. The molecule has 0 saturated heterocycles. The van der Waals surface area contributed by atoms with Gasteiger partial charge in [0.2, 0.25) is 0 Å². The van der Waals surface area contributed by atoms with E-state index in [9.17, 15) is 9.59 Å². The molecule has 3 aromatic rings. The number of aryl methyl sites for hydroxylation is 2. The van der Waals surface area contributed by atoms with Crippen molar-refractivity contribution in [3.63, 3.8) is 0 Å². The van der Waals surface area contributed by atoms with Gasteiger partial charge in [-0.15, -0.1) is 11.3 Å². The lowest BCUT2D eigenvalue weighted by Gasteiger charge is -2.30. The Morgan fingerprint density at radius 1 is 1.13 bits per heavy atom. The van der Waals surface area contributed by atoms with Crippen molar-refractivity contribution in [3.8, 4) is 0 Å². The van der Waals surface area contributed by atoms with Gasteiger partial charge in [0.25, 0.3) is 11.5 Å². The fraction of sp³-hybridized carbons (Fsp3) is 0.480. The summed E-state index contributed by atoms with van der Waals surface area (Å²) in [4.78, 5) is 32.5. The van der Waals surface area contributed by atoms with Gasteiger partial charge in [0.15, 0.2) is 0 Å². The Hall–Kier alpha value is -2.47. The van der Waals surface area contributed by atoms with Crippen LogP contribution in [0.5, 0.6) is 0 Å². The standard InChI is InChI=1S/C25H29N3O2S/c1-17-20-23(27-19-12-6-3-9-15-28(19)24(20)30)31-21(17)22(29)26-16-25(13-7-8-14-25)18-10-4-2-5-11-18/h2,4-5,10-11H,3,6-9,12-16H2,1H3,(H,26,29). The minimum absolute atomic E-state index is 0.0106. The molecule has 1 fully saturated rings. The summed E-state index contributed by atoms with van der Waals surface area (Å²) in [5.41, 5.74) is 2.11. The van der Waals surface area contributed by atoms with Crippen LogP contribution in [0.4, 0.5) is 0 Å². The summed E-state index contributed by atoms with van der Waals surface area (Å²) in [5.74, 6) is 0.791. The van der Waals surface area contributed by atoms with Crippen molar-refractivity contribution in [3.05, 3.63) is 62.5 Å². The lowest BCUT2D eigenvalue weighted by atomic mass is 9.79. The Kier molecular flexibility index (Phi) is 5.42. The summed E-state index contributed by atoms with van der Waals surface area (Å²) in [6.07, 6.45) is 8.62. The summed E-state index contributed by atoms with van der Waals surface area (Å²) in [5, 5.41) is 3.84. The first-order chi connectivity index (χ1) is 15.1. The quantitative estimate of drug-likeness (QED) is 0.644. The van der Waals surface area contributed by atoms with E-state index in [1.807, 2.05) is 17.6 Å². The van der Waals surface area contributed by atoms with E-state index in [2.05, 4.69) is 29.6 Å². The zero-order chi connectivity index (χ0) is 21.4. The molecule has 31 heavy (non-hydrogen) atoms. The average Bonchev–Trinajstić information content (AvgIpc) is 3.31. The van der Waals surface area contributed by atoms with Gasteiger partial charge in [0.05, 0.1) is 10.3 Å². The fourth-order valence-corrected chi connectivity index (χ4v) is 6.47. The second-order valence-corrected chi connectivity index (χ2v) is 10.1. The van der Waals surface area contributed by atoms with Crippen molar-refractivity contribution in [2.45, 2.75) is 70.3 Å². The summed E-state index contributed by atoms with van der Waals surface area (Å²) in [6, 6.07) is 10.6. The van der Waals surface area contributed by atoms with E-state index >= 15 is 0 Å². The largest absolute Gasteiger partial charge is 0.350 e. The molecule has 0 bridgehead atoms. The van der Waals surface area contributed by atoms with Crippen LogP contribution in [-0.2, 0) is 18.4 Å². The van der Waals surface area contributed by atoms with Gasteiger partial charge in [-0.1, -0.05) is 49.6 Å². The highest BCUT2D eigenvalue weighted by Crippen LogP contribution is 2.40. The van der Waals surface area contributed by atoms with Crippen LogP contribution < -0.4 is 10.9 Å². The number of amides is 1. The molecule has 0 spiro atoms. The molecule has 6 heteroatoms. The molecular formula is C25H29N3O2S. The number of aromatic nitrogens is 2. The second-order valence-electron chi connectivity index (χ2n) is 9.07. The number of nitrogens with one attached hydrogen (secondary N) is 1. The smallest absolute Gasteiger partial charge is 0.262 e. The van der Waals surface area contributed by atoms with E-state index in [0.29, 0.717) is 21.6 Å². The summed E-state index contributed by atoms with van der Waals surface area (Å²) in [6.45, 7) is 3.25. The molecule has 1 aliphatic carbocycles. The first-order valence-corrected chi connectivity index (χ1v) is 12.3. The number of hydrogen-bond acceptors (Lipinski definition) is 4.